The predicted molar refractivity (Wildman–Crippen MR) is 384 cm³/mol. The van der Waals surface area contributed by atoms with Crippen molar-refractivity contribution in [3.63, 3.8) is 0 Å². The van der Waals surface area contributed by atoms with E-state index in [4.69, 9.17) is 48.4 Å². The summed E-state index contributed by atoms with van der Waals surface area (Å²) in [7, 11) is 0. The monoisotopic (exact) mass is 1700 g/mol. The van der Waals surface area contributed by atoms with Gasteiger partial charge in [-0.05, 0) is 79.1 Å². The maximum Gasteiger partial charge on any atom is 0.326 e. The minimum Gasteiger partial charge on any atom is -0.480 e. The van der Waals surface area contributed by atoms with Gasteiger partial charge in [0.05, 0.1) is 26.4 Å². The Morgan fingerprint density at radius 2 is 0.754 bits per heavy atom. The molecule has 0 radical (unpaired) electrons. The zero-order chi connectivity index (χ0) is 88.6. The second-order valence-corrected chi connectivity index (χ2v) is 28.8. The number of carbonyl (C=O) groups is 16. The van der Waals surface area contributed by atoms with Gasteiger partial charge in [0.15, 0.2) is 25.2 Å². The van der Waals surface area contributed by atoms with Gasteiger partial charge >= 0.3 is 29.8 Å². The number of fused-ring (bicyclic) bond motifs is 2. The Hall–Kier alpha value is -9.20. The number of carbonyl (C=O) groups excluding carboxylic acids is 11. The van der Waals surface area contributed by atoms with Crippen molar-refractivity contribution in [1.29, 1.82) is 0 Å². The fourth-order valence-corrected chi connectivity index (χ4v) is 13.2. The van der Waals surface area contributed by atoms with Crippen LogP contribution in [0.25, 0.3) is 0 Å². The maximum atomic E-state index is 13.8. The molecule has 668 valence electrons. The lowest BCUT2D eigenvalue weighted by Gasteiger charge is -2.48. The zero-order valence-corrected chi connectivity index (χ0v) is 65.3. The van der Waals surface area contributed by atoms with Crippen LogP contribution < -0.4 is 64.2 Å². The van der Waals surface area contributed by atoms with E-state index < -0.39 is 349 Å². The van der Waals surface area contributed by atoms with Gasteiger partial charge in [-0.3, -0.25) is 57.5 Å². The summed E-state index contributed by atoms with van der Waals surface area (Å²) in [6, 6.07) is -19.7. The number of nitrogens with one attached hydrogen (secondary N) is 11. The molecule has 0 saturated carbocycles. The molecule has 0 aromatic carbocycles. The van der Waals surface area contributed by atoms with Crippen LogP contribution in [0.15, 0.2) is 0 Å². The summed E-state index contributed by atoms with van der Waals surface area (Å²) in [5.74, 6) is -18.9. The van der Waals surface area contributed by atoms with E-state index in [1.54, 1.807) is 0 Å². The first-order chi connectivity index (χ1) is 55.3. The number of nitrogens with two attached hydrogens (primary N) is 1. The molecule has 50 heteroatoms. The van der Waals surface area contributed by atoms with Crippen molar-refractivity contribution in [2.45, 2.75) is 303 Å². The first-order valence-corrected chi connectivity index (χ1v) is 37.5. The number of amides is 11. The second-order valence-electron chi connectivity index (χ2n) is 28.8. The van der Waals surface area contributed by atoms with E-state index in [9.17, 15) is 143 Å². The fraction of sp³-hybridized carbons (Fsp3) is 0.765. The Labute approximate surface area is 671 Å². The summed E-state index contributed by atoms with van der Waals surface area (Å²) in [4.78, 5) is 206. The second kappa shape index (κ2) is 46.4. The molecule has 5 aliphatic heterocycles. The Morgan fingerprint density at radius 1 is 0.390 bits per heavy atom. The SMILES string of the molecule is CC(=O)NC1C(OC2C(CO)OC(O)C(NC(C)=O)C2OC(C)C(=O)NC(C)C(=O)NC(CCC(=O)NC(CCCC(NC(=O)C(CCCC(N)C(=O)O)NC(=O)CCC(NC(=O)C(C)NC(=O)C(C)OC2C(NC(C)=O)C3OCC(O3)C2OC2OC(CO)C(O)C(O)C2NC(C)=O)C(=O)O)C(=O)O)C(=O)O)C(=O)O)OC(CO)C(O)C1O. The highest BCUT2D eigenvalue weighted by Crippen LogP contribution is 2.36. The van der Waals surface area contributed by atoms with E-state index in [-0.39, 0.29) is 19.4 Å². The van der Waals surface area contributed by atoms with E-state index in [1.807, 2.05) is 0 Å². The van der Waals surface area contributed by atoms with Crippen molar-refractivity contribution < 1.29 is 186 Å². The molecule has 5 rings (SSSR count). The van der Waals surface area contributed by atoms with Crippen molar-refractivity contribution in [2.24, 2.45) is 5.73 Å². The van der Waals surface area contributed by atoms with Gasteiger partial charge in [-0.1, -0.05) is 0 Å². The highest BCUT2D eigenvalue weighted by molar-refractivity contribution is 5.94. The summed E-state index contributed by atoms with van der Waals surface area (Å²) in [6.07, 6.45) is -34.1. The number of hydrogen-bond donors (Lipinski definition) is 25. The van der Waals surface area contributed by atoms with Gasteiger partial charge < -0.3 is 173 Å². The molecule has 5 heterocycles. The van der Waals surface area contributed by atoms with Gasteiger partial charge in [0.2, 0.25) is 65.0 Å². The molecule has 118 heavy (non-hydrogen) atoms. The number of aliphatic carboxylic acids is 5. The highest BCUT2D eigenvalue weighted by atomic mass is 16.8. The van der Waals surface area contributed by atoms with Crippen LogP contribution in [0.4, 0.5) is 0 Å². The van der Waals surface area contributed by atoms with Crippen LogP contribution in [0.5, 0.6) is 0 Å². The number of aliphatic hydroxyl groups excluding tert-OH is 8. The van der Waals surface area contributed by atoms with Crippen LogP contribution in [-0.4, -0.2) is 371 Å². The maximum absolute atomic E-state index is 13.8. The van der Waals surface area contributed by atoms with Crippen molar-refractivity contribution in [3.8, 4) is 0 Å². The average molecular weight is 1700 g/mol. The topological polar surface area (TPSA) is 778 Å². The molecular weight excluding hydrogens is 1590 g/mol. The molecule has 30 atom stereocenters. The molecule has 0 aromatic heterocycles. The van der Waals surface area contributed by atoms with Crippen molar-refractivity contribution in [3.05, 3.63) is 0 Å². The summed E-state index contributed by atoms with van der Waals surface area (Å²) in [5, 5.41) is 159. The third kappa shape index (κ3) is 28.8. The Kier molecular flexibility index (Phi) is 39.1. The summed E-state index contributed by atoms with van der Waals surface area (Å²) in [5.41, 5.74) is 5.64. The van der Waals surface area contributed by atoms with Gasteiger partial charge in [-0.2, -0.15) is 0 Å². The lowest BCUT2D eigenvalue weighted by atomic mass is 9.94. The van der Waals surface area contributed by atoms with Crippen molar-refractivity contribution >= 4 is 94.8 Å². The van der Waals surface area contributed by atoms with Crippen LogP contribution in [0.3, 0.4) is 0 Å². The highest BCUT2D eigenvalue weighted by Gasteiger charge is 2.57. The zero-order valence-electron chi connectivity index (χ0n) is 65.3. The van der Waals surface area contributed by atoms with Gasteiger partial charge in [0.25, 0.3) is 0 Å². The first-order valence-electron chi connectivity index (χ1n) is 37.5. The van der Waals surface area contributed by atoms with Crippen LogP contribution in [0.2, 0.25) is 0 Å². The average Bonchev–Trinajstić information content (AvgIpc) is 1.47. The smallest absolute Gasteiger partial charge is 0.326 e. The Balaban J connectivity index is 1.16. The number of carboxylic acid groups (broad SMARTS) is 5. The molecule has 5 saturated heterocycles. The standard InChI is InChI=1S/C68H108N12O38/c1-23(70-57(96)25(3)111-53-45(74-29(7)86)65(109)113-39(21-83)51(53)117-67-43(72-27(5)84)49(92)47(90)37(19-81)114-67)55(94)79-36(64(107)108)16-18-42(89)77-33(61(101)102)13-10-14-34(62(103)104)80-59(98)32(12-9-11-31(69)60(99)100)76-41(88)17-15-35(63(105)106)78-56(95)24(2)71-58(97)26(4)112-54-46(75-30(8)87)66-110-22-40(116-66)52(54)118-68-44(73-28(6)85)50(93)48(91)38(20-82)115-68/h23-26,31-40,43-54,65-68,81-83,90-93,109H,9-22,69H2,1-8H3,(H,70,96)(H,71,97)(H,72,84)(H,73,85)(H,74,86)(H,75,87)(H,76,88)(H,77,89)(H,78,95)(H,79,94)(H,80,98)(H,99,100)(H,101,102)(H,103,104)(H,105,106)(H,107,108). The third-order valence-electron chi connectivity index (χ3n) is 19.5. The van der Waals surface area contributed by atoms with Crippen LogP contribution in [0, 0.1) is 0 Å². The van der Waals surface area contributed by atoms with E-state index in [1.165, 1.54) is 6.92 Å². The number of rotatable bonds is 46. The minimum atomic E-state index is -1.98. The van der Waals surface area contributed by atoms with Crippen LogP contribution in [0.1, 0.15) is 120 Å². The van der Waals surface area contributed by atoms with Gasteiger partial charge in [0, 0.05) is 40.5 Å². The molecule has 30 unspecified atom stereocenters. The predicted octanol–water partition coefficient (Wildman–Crippen LogP) is -12.2. The molecule has 0 spiro atoms. The summed E-state index contributed by atoms with van der Waals surface area (Å²) in [6.45, 7) is 6.06. The fourth-order valence-electron chi connectivity index (χ4n) is 13.2. The summed E-state index contributed by atoms with van der Waals surface area (Å²) < 4.78 is 52.9. The van der Waals surface area contributed by atoms with Gasteiger partial charge in [0.1, 0.15) is 158 Å². The number of hydrogen-bond acceptors (Lipinski definition) is 34. The lowest BCUT2D eigenvalue weighted by molar-refractivity contribution is -0.333. The van der Waals surface area contributed by atoms with E-state index >= 15 is 0 Å². The molecule has 2 bridgehead atoms. The molecule has 5 aliphatic rings. The molecule has 50 nitrogen and oxygen atoms in total. The molecule has 11 amide bonds. The Bertz CT molecular complexity index is 3520. The van der Waals surface area contributed by atoms with Crippen molar-refractivity contribution in [1.82, 2.24) is 58.5 Å². The molecule has 26 N–H and O–H groups in total. The third-order valence-corrected chi connectivity index (χ3v) is 19.5. The first kappa shape index (κ1) is 99.4. The molecule has 0 aliphatic carbocycles. The lowest BCUT2D eigenvalue weighted by Crippen LogP contribution is -2.70. The van der Waals surface area contributed by atoms with E-state index in [0.717, 1.165) is 48.5 Å². The van der Waals surface area contributed by atoms with Crippen LogP contribution in [-0.2, 0) is 119 Å². The number of carboxylic acids is 5. The molecule has 0 aromatic rings. The van der Waals surface area contributed by atoms with Gasteiger partial charge in [-0.15, -0.1) is 0 Å². The largest absolute Gasteiger partial charge is 0.480 e. The van der Waals surface area contributed by atoms with Gasteiger partial charge in [-0.25, -0.2) is 19.2 Å². The molecular formula is C68H108N12O38. The number of ether oxygens (including phenoxy) is 9. The van der Waals surface area contributed by atoms with E-state index in [2.05, 4.69) is 58.5 Å². The summed E-state index contributed by atoms with van der Waals surface area (Å²) >= 11 is 0. The van der Waals surface area contributed by atoms with Crippen LogP contribution >= 0.6 is 0 Å². The normalized spacial score (nSPS) is 29.8. The van der Waals surface area contributed by atoms with E-state index in [0.29, 0.717) is 0 Å². The number of aliphatic hydroxyl groups is 8. The van der Waals surface area contributed by atoms with Crippen molar-refractivity contribution in [2.75, 3.05) is 26.4 Å². The minimum absolute atomic E-state index is 0.189. The Morgan fingerprint density at radius 3 is 1.17 bits per heavy atom. The quantitative estimate of drug-likeness (QED) is 0.0269. The molecule has 5 fully saturated rings.